The number of aryl methyl sites for hydroxylation is 1. The molecule has 0 amide bonds. The zero-order chi connectivity index (χ0) is 9.68. The van der Waals surface area contributed by atoms with Crippen LogP contribution in [0.4, 0.5) is 0 Å². The number of hydrogen-bond donors (Lipinski definition) is 1. The summed E-state index contributed by atoms with van der Waals surface area (Å²) in [7, 11) is 1.96. The average Bonchev–Trinajstić information content (AvgIpc) is 2.51. The SMILES string of the molecule is CCC(CCN)Sc1nncn1C. The van der Waals surface area contributed by atoms with Gasteiger partial charge in [-0.15, -0.1) is 10.2 Å². The molecule has 1 heterocycles. The van der Waals surface area contributed by atoms with Crippen molar-refractivity contribution >= 4 is 11.8 Å². The van der Waals surface area contributed by atoms with E-state index in [-0.39, 0.29) is 0 Å². The number of rotatable bonds is 5. The molecule has 74 valence electrons. The Hall–Kier alpha value is -0.550. The molecule has 1 atom stereocenters. The van der Waals surface area contributed by atoms with Gasteiger partial charge in [0.05, 0.1) is 0 Å². The summed E-state index contributed by atoms with van der Waals surface area (Å²) >= 11 is 1.76. The summed E-state index contributed by atoms with van der Waals surface area (Å²) in [5.74, 6) is 0. The van der Waals surface area contributed by atoms with E-state index < -0.39 is 0 Å². The highest BCUT2D eigenvalue weighted by atomic mass is 32.2. The quantitative estimate of drug-likeness (QED) is 0.721. The lowest BCUT2D eigenvalue weighted by molar-refractivity contribution is 0.728. The maximum Gasteiger partial charge on any atom is 0.191 e. The van der Waals surface area contributed by atoms with Gasteiger partial charge in [-0.2, -0.15) is 0 Å². The van der Waals surface area contributed by atoms with Gasteiger partial charge in [0.1, 0.15) is 6.33 Å². The third-order valence-electron chi connectivity index (χ3n) is 1.89. The molecule has 0 aliphatic rings. The summed E-state index contributed by atoms with van der Waals surface area (Å²) in [6, 6.07) is 0. The molecule has 0 saturated heterocycles. The molecule has 0 radical (unpaired) electrons. The monoisotopic (exact) mass is 200 g/mol. The molecule has 0 aliphatic heterocycles. The number of thioether (sulfide) groups is 1. The first-order chi connectivity index (χ1) is 6.27. The molecule has 1 unspecified atom stereocenters. The van der Waals surface area contributed by atoms with Crippen LogP contribution in [0.2, 0.25) is 0 Å². The van der Waals surface area contributed by atoms with Crippen molar-refractivity contribution < 1.29 is 0 Å². The van der Waals surface area contributed by atoms with Crippen LogP contribution < -0.4 is 5.73 Å². The summed E-state index contributed by atoms with van der Waals surface area (Å²) in [5, 5.41) is 9.39. The molecule has 0 fully saturated rings. The second-order valence-electron chi connectivity index (χ2n) is 2.95. The van der Waals surface area contributed by atoms with Crippen molar-refractivity contribution in [3.05, 3.63) is 6.33 Å². The average molecular weight is 200 g/mol. The lowest BCUT2D eigenvalue weighted by atomic mass is 10.2. The van der Waals surface area contributed by atoms with Gasteiger partial charge in [-0.3, -0.25) is 0 Å². The third-order valence-corrected chi connectivity index (χ3v) is 3.37. The summed E-state index contributed by atoms with van der Waals surface area (Å²) in [6.45, 7) is 2.91. The molecule has 0 bridgehead atoms. The van der Waals surface area contributed by atoms with Crippen LogP contribution in [-0.2, 0) is 7.05 Å². The minimum atomic E-state index is 0.563. The van der Waals surface area contributed by atoms with Crippen LogP contribution in [0.3, 0.4) is 0 Å². The lowest BCUT2D eigenvalue weighted by Crippen LogP contribution is -2.10. The molecule has 5 heteroatoms. The fourth-order valence-electron chi connectivity index (χ4n) is 1.06. The zero-order valence-electron chi connectivity index (χ0n) is 8.10. The van der Waals surface area contributed by atoms with Gasteiger partial charge in [0, 0.05) is 12.3 Å². The van der Waals surface area contributed by atoms with E-state index in [1.54, 1.807) is 18.1 Å². The van der Waals surface area contributed by atoms with E-state index in [4.69, 9.17) is 5.73 Å². The molecule has 0 spiro atoms. The van der Waals surface area contributed by atoms with Gasteiger partial charge in [-0.05, 0) is 19.4 Å². The smallest absolute Gasteiger partial charge is 0.191 e. The van der Waals surface area contributed by atoms with Crippen LogP contribution in [0.1, 0.15) is 19.8 Å². The maximum atomic E-state index is 5.52. The minimum absolute atomic E-state index is 0.563. The van der Waals surface area contributed by atoms with Gasteiger partial charge in [0.25, 0.3) is 0 Å². The van der Waals surface area contributed by atoms with E-state index in [1.165, 1.54) is 0 Å². The molecule has 1 aromatic heterocycles. The van der Waals surface area contributed by atoms with Crippen molar-refractivity contribution in [1.29, 1.82) is 0 Å². The summed E-state index contributed by atoms with van der Waals surface area (Å²) in [5.41, 5.74) is 5.52. The number of aromatic nitrogens is 3. The Labute approximate surface area is 82.9 Å². The van der Waals surface area contributed by atoms with E-state index in [2.05, 4.69) is 17.1 Å². The van der Waals surface area contributed by atoms with Crippen LogP contribution in [-0.4, -0.2) is 26.6 Å². The first-order valence-corrected chi connectivity index (χ1v) is 5.36. The van der Waals surface area contributed by atoms with E-state index >= 15 is 0 Å². The van der Waals surface area contributed by atoms with Gasteiger partial charge < -0.3 is 10.3 Å². The standard InChI is InChI=1S/C8H16N4S/c1-3-7(4-5-9)13-8-11-10-6-12(8)2/h6-7H,3-5,9H2,1-2H3. The van der Waals surface area contributed by atoms with Gasteiger partial charge >= 0.3 is 0 Å². The fraction of sp³-hybridized carbons (Fsp3) is 0.750. The molecule has 1 aromatic rings. The Kier molecular flexibility index (Phi) is 4.24. The molecule has 0 aromatic carbocycles. The molecule has 2 N–H and O–H groups in total. The molecular weight excluding hydrogens is 184 g/mol. The van der Waals surface area contributed by atoms with Crippen molar-refractivity contribution in [2.45, 2.75) is 30.2 Å². The summed E-state index contributed by atoms with van der Waals surface area (Å²) < 4.78 is 1.93. The number of nitrogens with two attached hydrogens (primary N) is 1. The second kappa shape index (κ2) is 5.24. The van der Waals surface area contributed by atoms with Crippen LogP contribution in [0.15, 0.2) is 11.5 Å². The molecule has 0 aliphatic carbocycles. The molecular formula is C8H16N4S. The van der Waals surface area contributed by atoms with Crippen molar-refractivity contribution in [1.82, 2.24) is 14.8 Å². The van der Waals surface area contributed by atoms with Crippen molar-refractivity contribution in [2.75, 3.05) is 6.54 Å². The Morgan fingerprint density at radius 2 is 2.46 bits per heavy atom. The topological polar surface area (TPSA) is 56.7 Å². The van der Waals surface area contributed by atoms with Crippen molar-refractivity contribution in [3.63, 3.8) is 0 Å². The molecule has 13 heavy (non-hydrogen) atoms. The van der Waals surface area contributed by atoms with E-state index in [0.717, 1.165) is 24.5 Å². The predicted octanol–water partition coefficient (Wildman–Crippen LogP) is 1.03. The van der Waals surface area contributed by atoms with Gasteiger partial charge in [0.2, 0.25) is 0 Å². The predicted molar refractivity (Wildman–Crippen MR) is 54.6 cm³/mol. The fourth-order valence-corrected chi connectivity index (χ4v) is 2.09. The Morgan fingerprint density at radius 1 is 1.69 bits per heavy atom. The van der Waals surface area contributed by atoms with E-state index in [0.29, 0.717) is 5.25 Å². The zero-order valence-corrected chi connectivity index (χ0v) is 8.92. The minimum Gasteiger partial charge on any atom is -0.330 e. The summed E-state index contributed by atoms with van der Waals surface area (Å²) in [6.07, 6.45) is 3.88. The maximum absolute atomic E-state index is 5.52. The Bertz CT molecular complexity index is 248. The second-order valence-corrected chi connectivity index (χ2v) is 4.22. The lowest BCUT2D eigenvalue weighted by Gasteiger charge is -2.11. The van der Waals surface area contributed by atoms with Crippen molar-refractivity contribution in [3.8, 4) is 0 Å². The highest BCUT2D eigenvalue weighted by Gasteiger charge is 2.10. The van der Waals surface area contributed by atoms with E-state index in [1.807, 2.05) is 11.6 Å². The molecule has 4 nitrogen and oxygen atoms in total. The normalized spacial score (nSPS) is 13.2. The van der Waals surface area contributed by atoms with Crippen LogP contribution in [0.5, 0.6) is 0 Å². The van der Waals surface area contributed by atoms with Crippen molar-refractivity contribution in [2.24, 2.45) is 12.8 Å². The Balaban J connectivity index is 2.51. The first kappa shape index (κ1) is 10.5. The first-order valence-electron chi connectivity index (χ1n) is 4.48. The van der Waals surface area contributed by atoms with Crippen LogP contribution in [0.25, 0.3) is 0 Å². The number of hydrogen-bond acceptors (Lipinski definition) is 4. The van der Waals surface area contributed by atoms with Gasteiger partial charge in [-0.1, -0.05) is 18.7 Å². The van der Waals surface area contributed by atoms with Gasteiger partial charge in [0.15, 0.2) is 5.16 Å². The molecule has 0 saturated carbocycles. The summed E-state index contributed by atoms with van der Waals surface area (Å²) in [4.78, 5) is 0. The van der Waals surface area contributed by atoms with Gasteiger partial charge in [-0.25, -0.2) is 0 Å². The largest absolute Gasteiger partial charge is 0.330 e. The Morgan fingerprint density at radius 3 is 2.92 bits per heavy atom. The van der Waals surface area contributed by atoms with E-state index in [9.17, 15) is 0 Å². The third kappa shape index (κ3) is 3.00. The highest BCUT2D eigenvalue weighted by Crippen LogP contribution is 2.24. The number of nitrogens with zero attached hydrogens (tertiary/aromatic N) is 3. The highest BCUT2D eigenvalue weighted by molar-refractivity contribution is 7.99. The van der Waals surface area contributed by atoms with Crippen LogP contribution in [0, 0.1) is 0 Å². The van der Waals surface area contributed by atoms with Crippen LogP contribution >= 0.6 is 11.8 Å². The molecule has 1 rings (SSSR count).